The molecular formula is C26H29NO3. The van der Waals surface area contributed by atoms with E-state index in [1.165, 1.54) is 24.0 Å². The summed E-state index contributed by atoms with van der Waals surface area (Å²) in [6, 6.07) is 22.5. The summed E-state index contributed by atoms with van der Waals surface area (Å²) in [5.41, 5.74) is 2.42. The molecule has 1 heterocycles. The van der Waals surface area contributed by atoms with E-state index in [4.69, 9.17) is 9.15 Å². The number of benzene rings is 2. The molecule has 156 valence electrons. The normalized spacial score (nSPS) is 14.6. The Morgan fingerprint density at radius 1 is 0.967 bits per heavy atom. The Kier molecular flexibility index (Phi) is 5.93. The third-order valence-corrected chi connectivity index (χ3v) is 6.03. The van der Waals surface area contributed by atoms with Crippen molar-refractivity contribution in [3.05, 3.63) is 89.4 Å². The van der Waals surface area contributed by atoms with Gasteiger partial charge in [0.1, 0.15) is 18.1 Å². The zero-order valence-electron chi connectivity index (χ0n) is 17.7. The third-order valence-electron chi connectivity index (χ3n) is 6.03. The predicted octanol–water partition coefficient (Wildman–Crippen LogP) is 5.86. The highest BCUT2D eigenvalue weighted by Crippen LogP contribution is 2.32. The van der Waals surface area contributed by atoms with Gasteiger partial charge in [0, 0.05) is 11.5 Å². The van der Waals surface area contributed by atoms with Crippen LogP contribution in [-0.4, -0.2) is 11.9 Å². The molecule has 2 aromatic carbocycles. The Morgan fingerprint density at radius 3 is 2.33 bits per heavy atom. The predicted molar refractivity (Wildman–Crippen MR) is 118 cm³/mol. The van der Waals surface area contributed by atoms with Crippen molar-refractivity contribution in [2.75, 3.05) is 0 Å². The Bertz CT molecular complexity index is 967. The van der Waals surface area contributed by atoms with E-state index in [0.29, 0.717) is 11.5 Å². The van der Waals surface area contributed by atoms with Gasteiger partial charge in [-0.25, -0.2) is 0 Å². The smallest absolute Gasteiger partial charge is 0.287 e. The molecule has 1 saturated carbocycles. The number of amides is 1. The minimum Gasteiger partial charge on any atom is -0.486 e. The first kappa shape index (κ1) is 20.3. The van der Waals surface area contributed by atoms with Gasteiger partial charge in [-0.3, -0.25) is 4.79 Å². The fourth-order valence-corrected chi connectivity index (χ4v) is 4.05. The van der Waals surface area contributed by atoms with Crippen LogP contribution in [0, 0.1) is 0 Å². The number of carbonyl (C=O) groups excluding carboxylic acids is 1. The molecule has 4 heteroatoms. The van der Waals surface area contributed by atoms with Gasteiger partial charge in [-0.15, -0.1) is 0 Å². The first-order valence-electron chi connectivity index (χ1n) is 10.7. The summed E-state index contributed by atoms with van der Waals surface area (Å²) < 4.78 is 11.5. The van der Waals surface area contributed by atoms with Gasteiger partial charge in [0.15, 0.2) is 5.76 Å². The van der Waals surface area contributed by atoms with Crippen LogP contribution in [0.1, 0.15) is 67.0 Å². The van der Waals surface area contributed by atoms with Crippen molar-refractivity contribution >= 4 is 5.91 Å². The minimum atomic E-state index is -0.138. The minimum absolute atomic E-state index is 0.0810. The number of carbonyl (C=O) groups is 1. The quantitative estimate of drug-likeness (QED) is 0.538. The van der Waals surface area contributed by atoms with Gasteiger partial charge in [-0.1, -0.05) is 69.2 Å². The molecule has 3 aromatic rings. The van der Waals surface area contributed by atoms with Gasteiger partial charge in [0.05, 0.1) is 0 Å². The molecule has 1 fully saturated rings. The van der Waals surface area contributed by atoms with E-state index in [1.807, 2.05) is 18.2 Å². The van der Waals surface area contributed by atoms with Crippen LogP contribution >= 0.6 is 0 Å². The number of hydrogen-bond acceptors (Lipinski definition) is 3. The summed E-state index contributed by atoms with van der Waals surface area (Å²) in [5, 5.41) is 3.04. The molecule has 0 spiro atoms. The van der Waals surface area contributed by atoms with Gasteiger partial charge in [-0.2, -0.15) is 0 Å². The van der Waals surface area contributed by atoms with E-state index in [1.54, 1.807) is 12.1 Å². The Labute approximate surface area is 178 Å². The first-order chi connectivity index (χ1) is 14.5. The summed E-state index contributed by atoms with van der Waals surface area (Å²) >= 11 is 0. The lowest BCUT2D eigenvalue weighted by molar-refractivity contribution is 0.0905. The van der Waals surface area contributed by atoms with Crippen LogP contribution in [0.15, 0.2) is 71.1 Å². The molecule has 1 aromatic heterocycles. The van der Waals surface area contributed by atoms with E-state index < -0.39 is 0 Å². The molecule has 0 saturated heterocycles. The standard InChI is InChI=1S/C26H29NO3/c1-26(2,19-8-4-3-5-9-19)20-12-14-22(15-13-20)29-18-23-16-17-24(30-23)25(28)27-21-10-6-7-11-21/h3-5,8-9,12-17,21H,6-7,10-11,18H2,1-2H3,(H,27,28). The van der Waals surface area contributed by atoms with Gasteiger partial charge >= 0.3 is 0 Å². The fraction of sp³-hybridized carbons (Fsp3) is 0.346. The lowest BCUT2D eigenvalue weighted by atomic mass is 9.78. The summed E-state index contributed by atoms with van der Waals surface area (Å²) in [6.07, 6.45) is 4.48. The molecule has 0 atom stereocenters. The van der Waals surface area contributed by atoms with Gasteiger partial charge in [0.25, 0.3) is 5.91 Å². The molecule has 1 N–H and O–H groups in total. The molecule has 1 amide bonds. The third kappa shape index (κ3) is 4.59. The van der Waals surface area contributed by atoms with Gasteiger partial charge in [-0.05, 0) is 48.2 Å². The van der Waals surface area contributed by atoms with Crippen LogP contribution in [-0.2, 0) is 12.0 Å². The molecule has 4 rings (SSSR count). The first-order valence-corrected chi connectivity index (χ1v) is 10.7. The van der Waals surface area contributed by atoms with E-state index in [9.17, 15) is 4.79 Å². The van der Waals surface area contributed by atoms with E-state index in [-0.39, 0.29) is 24.0 Å². The number of nitrogens with one attached hydrogen (secondary N) is 1. The maximum Gasteiger partial charge on any atom is 0.287 e. The van der Waals surface area contributed by atoms with Gasteiger partial charge in [0.2, 0.25) is 0 Å². The Hall–Kier alpha value is -3.01. The zero-order chi connectivity index (χ0) is 21.0. The van der Waals surface area contributed by atoms with Crippen LogP contribution in [0.25, 0.3) is 0 Å². The Morgan fingerprint density at radius 2 is 1.63 bits per heavy atom. The fourth-order valence-electron chi connectivity index (χ4n) is 4.05. The second kappa shape index (κ2) is 8.78. The van der Waals surface area contributed by atoms with E-state index in [0.717, 1.165) is 18.6 Å². The summed E-state index contributed by atoms with van der Waals surface area (Å²) in [7, 11) is 0. The van der Waals surface area contributed by atoms with Crippen molar-refractivity contribution in [1.29, 1.82) is 0 Å². The molecule has 0 aliphatic heterocycles. The number of furan rings is 1. The molecule has 0 bridgehead atoms. The molecule has 0 unspecified atom stereocenters. The second-order valence-electron chi connectivity index (χ2n) is 8.52. The molecule has 1 aliphatic rings. The van der Waals surface area contributed by atoms with Crippen LogP contribution in [0.3, 0.4) is 0 Å². The number of hydrogen-bond donors (Lipinski definition) is 1. The van der Waals surface area contributed by atoms with Crippen LogP contribution in [0.4, 0.5) is 0 Å². The van der Waals surface area contributed by atoms with Crippen molar-refractivity contribution in [3.8, 4) is 5.75 Å². The maximum atomic E-state index is 12.3. The molecule has 4 nitrogen and oxygen atoms in total. The lowest BCUT2D eigenvalue weighted by Gasteiger charge is -2.26. The molecule has 0 radical (unpaired) electrons. The van der Waals surface area contributed by atoms with Gasteiger partial charge < -0.3 is 14.5 Å². The maximum absolute atomic E-state index is 12.3. The summed E-state index contributed by atoms with van der Waals surface area (Å²) in [5.74, 6) is 1.62. The lowest BCUT2D eigenvalue weighted by Crippen LogP contribution is -2.32. The summed E-state index contributed by atoms with van der Waals surface area (Å²) in [6.45, 7) is 4.73. The highest BCUT2D eigenvalue weighted by atomic mass is 16.5. The molecular weight excluding hydrogens is 374 g/mol. The van der Waals surface area contributed by atoms with Crippen molar-refractivity contribution in [2.24, 2.45) is 0 Å². The summed E-state index contributed by atoms with van der Waals surface area (Å²) in [4.78, 5) is 12.3. The van der Waals surface area contributed by atoms with Crippen molar-refractivity contribution in [2.45, 2.75) is 57.6 Å². The van der Waals surface area contributed by atoms with Crippen molar-refractivity contribution in [3.63, 3.8) is 0 Å². The zero-order valence-corrected chi connectivity index (χ0v) is 17.7. The van der Waals surface area contributed by atoms with E-state index in [2.05, 4.69) is 55.6 Å². The van der Waals surface area contributed by atoms with Crippen molar-refractivity contribution in [1.82, 2.24) is 5.32 Å². The van der Waals surface area contributed by atoms with Crippen LogP contribution in [0.5, 0.6) is 5.75 Å². The highest BCUT2D eigenvalue weighted by Gasteiger charge is 2.23. The topological polar surface area (TPSA) is 51.5 Å². The van der Waals surface area contributed by atoms with Crippen LogP contribution in [0.2, 0.25) is 0 Å². The van der Waals surface area contributed by atoms with Crippen LogP contribution < -0.4 is 10.1 Å². The number of ether oxygens (including phenoxy) is 1. The van der Waals surface area contributed by atoms with Crippen molar-refractivity contribution < 1.29 is 13.9 Å². The molecule has 30 heavy (non-hydrogen) atoms. The average molecular weight is 404 g/mol. The second-order valence-corrected chi connectivity index (χ2v) is 8.52. The Balaban J connectivity index is 1.34. The highest BCUT2D eigenvalue weighted by molar-refractivity contribution is 5.91. The molecule has 1 aliphatic carbocycles. The van der Waals surface area contributed by atoms with E-state index >= 15 is 0 Å². The number of rotatable bonds is 7. The average Bonchev–Trinajstić information content (AvgIpc) is 3.45. The largest absolute Gasteiger partial charge is 0.486 e. The SMILES string of the molecule is CC(C)(c1ccccc1)c1ccc(OCc2ccc(C(=O)NC3CCCC3)o2)cc1. The monoisotopic (exact) mass is 403 g/mol.